The van der Waals surface area contributed by atoms with Gasteiger partial charge < -0.3 is 10.4 Å². The van der Waals surface area contributed by atoms with Gasteiger partial charge in [0.2, 0.25) is 11.8 Å². The third-order valence-corrected chi connectivity index (χ3v) is 6.33. The van der Waals surface area contributed by atoms with Gasteiger partial charge >= 0.3 is 5.97 Å². The van der Waals surface area contributed by atoms with Crippen LogP contribution in [-0.2, 0) is 19.2 Å². The summed E-state index contributed by atoms with van der Waals surface area (Å²) in [5, 5.41) is 14.2. The molecular formula is C16H17N3O5S2. The molecule has 0 radical (unpaired) electrons. The van der Waals surface area contributed by atoms with Gasteiger partial charge in [-0.3, -0.25) is 24.2 Å². The molecule has 1 fully saturated rings. The first-order valence-electron chi connectivity index (χ1n) is 7.80. The van der Waals surface area contributed by atoms with E-state index >= 15 is 0 Å². The normalized spacial score (nSPS) is 21.8. The van der Waals surface area contributed by atoms with Crippen molar-refractivity contribution in [3.8, 4) is 0 Å². The lowest BCUT2D eigenvalue weighted by molar-refractivity contribution is -0.149. The van der Waals surface area contributed by atoms with Crippen LogP contribution < -0.4 is 10.2 Å². The van der Waals surface area contributed by atoms with Gasteiger partial charge in [-0.05, 0) is 23.1 Å². The number of aliphatic carboxylic acids is 1. The number of fused-ring (bicyclic) bond motifs is 1. The molecule has 3 amide bonds. The Kier molecular flexibility index (Phi) is 5.05. The van der Waals surface area contributed by atoms with E-state index in [9.17, 15) is 24.3 Å². The minimum absolute atomic E-state index is 0.0759. The van der Waals surface area contributed by atoms with Crippen LogP contribution in [0.5, 0.6) is 0 Å². The van der Waals surface area contributed by atoms with E-state index in [4.69, 9.17) is 0 Å². The van der Waals surface area contributed by atoms with Gasteiger partial charge in [-0.25, -0.2) is 4.79 Å². The molecule has 26 heavy (non-hydrogen) atoms. The van der Waals surface area contributed by atoms with Crippen molar-refractivity contribution >= 4 is 51.8 Å². The first-order valence-corrected chi connectivity index (χ1v) is 9.73. The van der Waals surface area contributed by atoms with Crippen molar-refractivity contribution in [3.05, 3.63) is 28.8 Å². The molecule has 138 valence electrons. The molecular weight excluding hydrogens is 378 g/mol. The summed E-state index contributed by atoms with van der Waals surface area (Å²) in [6.45, 7) is 2.81. The lowest BCUT2D eigenvalue weighted by Gasteiger charge is -2.52. The highest BCUT2D eigenvalue weighted by atomic mass is 32.2. The standard InChI is InChI=1S/C16H17N3O5S2/c1-8(20)17-6-10-7-26-15-13(14(22)19(15)12(10)16(23)24)18(9(2)21)11-4-3-5-25-11/h3-5,13,15H,6-7H2,1-2H3,(H,17,20)(H,23,24)/t13?,15-/m0/s1. The molecule has 2 N–H and O–H groups in total. The van der Waals surface area contributed by atoms with E-state index in [0.717, 1.165) is 0 Å². The Morgan fingerprint density at radius 2 is 2.12 bits per heavy atom. The second-order valence-corrected chi connectivity index (χ2v) is 7.89. The van der Waals surface area contributed by atoms with Gasteiger partial charge in [-0.2, -0.15) is 0 Å². The maximum Gasteiger partial charge on any atom is 0.352 e. The molecule has 1 saturated heterocycles. The quantitative estimate of drug-likeness (QED) is 0.716. The van der Waals surface area contributed by atoms with Crippen LogP contribution >= 0.6 is 23.1 Å². The van der Waals surface area contributed by atoms with E-state index in [0.29, 0.717) is 16.3 Å². The summed E-state index contributed by atoms with van der Waals surface area (Å²) in [5.74, 6) is -1.82. The van der Waals surface area contributed by atoms with E-state index in [1.807, 2.05) is 5.38 Å². The topological polar surface area (TPSA) is 107 Å². The van der Waals surface area contributed by atoms with Crippen LogP contribution in [0.15, 0.2) is 28.8 Å². The van der Waals surface area contributed by atoms with E-state index in [1.54, 1.807) is 12.1 Å². The molecule has 1 aromatic rings. The first-order chi connectivity index (χ1) is 12.3. The van der Waals surface area contributed by atoms with Gasteiger partial charge in [0.25, 0.3) is 5.91 Å². The van der Waals surface area contributed by atoms with Gasteiger partial charge in [0.1, 0.15) is 17.1 Å². The molecule has 0 bridgehead atoms. The summed E-state index contributed by atoms with van der Waals surface area (Å²) in [4.78, 5) is 50.4. The number of hydrogen-bond donors (Lipinski definition) is 2. The zero-order valence-electron chi connectivity index (χ0n) is 14.1. The van der Waals surface area contributed by atoms with Crippen molar-refractivity contribution in [3.63, 3.8) is 0 Å². The molecule has 2 atom stereocenters. The molecule has 8 nitrogen and oxygen atoms in total. The number of nitrogens with one attached hydrogen (secondary N) is 1. The van der Waals surface area contributed by atoms with Crippen LogP contribution in [0.1, 0.15) is 13.8 Å². The summed E-state index contributed by atoms with van der Waals surface area (Å²) < 4.78 is 0. The molecule has 1 unspecified atom stereocenters. The van der Waals surface area contributed by atoms with Gasteiger partial charge in [-0.15, -0.1) is 23.1 Å². The molecule has 10 heteroatoms. The van der Waals surface area contributed by atoms with Crippen molar-refractivity contribution in [2.24, 2.45) is 0 Å². The van der Waals surface area contributed by atoms with Crippen LogP contribution in [0.4, 0.5) is 5.00 Å². The minimum Gasteiger partial charge on any atom is -0.477 e. The Balaban J connectivity index is 1.90. The monoisotopic (exact) mass is 395 g/mol. The number of thioether (sulfide) groups is 1. The fourth-order valence-electron chi connectivity index (χ4n) is 3.03. The average molecular weight is 395 g/mol. The summed E-state index contributed by atoms with van der Waals surface area (Å²) in [6.07, 6.45) is 0. The zero-order valence-corrected chi connectivity index (χ0v) is 15.7. The Morgan fingerprint density at radius 1 is 1.38 bits per heavy atom. The van der Waals surface area contributed by atoms with Crippen molar-refractivity contribution in [2.75, 3.05) is 17.2 Å². The van der Waals surface area contributed by atoms with Crippen LogP contribution in [0.3, 0.4) is 0 Å². The third-order valence-electron chi connectivity index (χ3n) is 4.13. The predicted octanol–water partition coefficient (Wildman–Crippen LogP) is 0.860. The molecule has 2 aliphatic heterocycles. The van der Waals surface area contributed by atoms with Crippen LogP contribution in [0.2, 0.25) is 0 Å². The number of thiophene rings is 1. The number of carbonyl (C=O) groups is 4. The Hall–Kier alpha value is -2.33. The van der Waals surface area contributed by atoms with Gasteiger partial charge in [-0.1, -0.05) is 0 Å². The lowest BCUT2D eigenvalue weighted by atomic mass is 10.0. The fraction of sp³-hybridized carbons (Fsp3) is 0.375. The van der Waals surface area contributed by atoms with Gasteiger partial charge in [0, 0.05) is 26.1 Å². The highest BCUT2D eigenvalue weighted by Gasteiger charge is 2.57. The Morgan fingerprint density at radius 3 is 2.65 bits per heavy atom. The molecule has 0 aromatic carbocycles. The van der Waals surface area contributed by atoms with Crippen LogP contribution in [-0.4, -0.2) is 57.4 Å². The van der Waals surface area contributed by atoms with E-state index in [2.05, 4.69) is 5.32 Å². The number of carboxylic acid groups (broad SMARTS) is 1. The number of rotatable bonds is 5. The summed E-state index contributed by atoms with van der Waals surface area (Å²) >= 11 is 2.74. The zero-order chi connectivity index (χ0) is 19.0. The second kappa shape index (κ2) is 7.12. The number of β-lactam (4-membered cyclic amide) rings is 1. The number of nitrogens with zero attached hydrogens (tertiary/aromatic N) is 2. The summed E-state index contributed by atoms with van der Waals surface area (Å²) in [5.41, 5.74) is 0.379. The van der Waals surface area contributed by atoms with E-state index < -0.39 is 23.3 Å². The molecule has 0 aliphatic carbocycles. The third kappa shape index (κ3) is 3.10. The number of amides is 3. The second-order valence-electron chi connectivity index (χ2n) is 5.86. The Labute approximate surface area is 157 Å². The van der Waals surface area contributed by atoms with Crippen molar-refractivity contribution in [1.82, 2.24) is 10.2 Å². The molecule has 0 spiro atoms. The average Bonchev–Trinajstić information content (AvgIpc) is 3.10. The largest absolute Gasteiger partial charge is 0.477 e. The lowest BCUT2D eigenvalue weighted by Crippen LogP contribution is -2.71. The fourth-order valence-corrected chi connectivity index (χ4v) is 5.23. The minimum atomic E-state index is -1.21. The maximum atomic E-state index is 12.8. The molecule has 0 saturated carbocycles. The SMILES string of the molecule is CC(=O)NCC1=C(C(=O)O)N2C(=O)C(N(C(C)=O)c3cccs3)[C@@H]2SC1. The first kappa shape index (κ1) is 18.5. The van der Waals surface area contributed by atoms with Crippen molar-refractivity contribution in [1.29, 1.82) is 0 Å². The smallest absolute Gasteiger partial charge is 0.352 e. The van der Waals surface area contributed by atoms with Gasteiger partial charge in [0.05, 0.1) is 5.00 Å². The van der Waals surface area contributed by atoms with Crippen molar-refractivity contribution in [2.45, 2.75) is 25.3 Å². The van der Waals surface area contributed by atoms with E-state index in [-0.39, 0.29) is 24.1 Å². The van der Waals surface area contributed by atoms with Crippen LogP contribution in [0.25, 0.3) is 0 Å². The number of carboxylic acids is 1. The molecule has 1 aromatic heterocycles. The molecule has 3 heterocycles. The molecule has 3 rings (SSSR count). The molecule has 2 aliphatic rings. The highest BCUT2D eigenvalue weighted by Crippen LogP contribution is 2.44. The Bertz CT molecular complexity index is 805. The predicted molar refractivity (Wildman–Crippen MR) is 97.7 cm³/mol. The highest BCUT2D eigenvalue weighted by molar-refractivity contribution is 8.00. The number of hydrogen-bond acceptors (Lipinski definition) is 6. The van der Waals surface area contributed by atoms with Crippen LogP contribution in [0, 0.1) is 0 Å². The van der Waals surface area contributed by atoms with Gasteiger partial charge in [0.15, 0.2) is 0 Å². The van der Waals surface area contributed by atoms with Crippen molar-refractivity contribution < 1.29 is 24.3 Å². The maximum absolute atomic E-state index is 12.8. The number of anilines is 1. The number of carbonyl (C=O) groups excluding carboxylic acids is 3. The summed E-state index contributed by atoms with van der Waals surface area (Å²) in [7, 11) is 0. The summed E-state index contributed by atoms with van der Waals surface area (Å²) in [6, 6.07) is 2.82. The van der Waals surface area contributed by atoms with E-state index in [1.165, 1.54) is 46.7 Å².